The summed E-state index contributed by atoms with van der Waals surface area (Å²) in [6.07, 6.45) is 3.87. The summed E-state index contributed by atoms with van der Waals surface area (Å²) in [5.74, 6) is 0. The molecular formula is C16H23N3S2. The van der Waals surface area contributed by atoms with Crippen molar-refractivity contribution in [3.05, 3.63) is 38.5 Å². The Hall–Kier alpha value is -0.750. The molecule has 0 bridgehead atoms. The highest BCUT2D eigenvalue weighted by Crippen LogP contribution is 2.30. The van der Waals surface area contributed by atoms with E-state index in [1.54, 1.807) is 22.7 Å². The van der Waals surface area contributed by atoms with Gasteiger partial charge in [0.25, 0.3) is 0 Å². The van der Waals surface area contributed by atoms with Crippen molar-refractivity contribution in [3.63, 3.8) is 0 Å². The zero-order valence-corrected chi connectivity index (χ0v) is 14.2. The van der Waals surface area contributed by atoms with E-state index in [-0.39, 0.29) is 0 Å². The summed E-state index contributed by atoms with van der Waals surface area (Å²) in [6, 6.07) is 3.01. The topological polar surface area (TPSA) is 28.2 Å². The second-order valence-electron chi connectivity index (χ2n) is 5.68. The highest BCUT2D eigenvalue weighted by Gasteiger charge is 2.29. The number of nitrogens with one attached hydrogen (secondary N) is 1. The highest BCUT2D eigenvalue weighted by molar-refractivity contribution is 7.09. The molecule has 2 aromatic heterocycles. The molecule has 0 aliphatic heterocycles. The molecule has 2 heterocycles. The van der Waals surface area contributed by atoms with Crippen molar-refractivity contribution in [2.24, 2.45) is 0 Å². The lowest BCUT2D eigenvalue weighted by molar-refractivity contribution is 0.243. The van der Waals surface area contributed by atoms with Crippen molar-refractivity contribution in [2.75, 3.05) is 6.54 Å². The summed E-state index contributed by atoms with van der Waals surface area (Å²) in [4.78, 5) is 7.36. The van der Waals surface area contributed by atoms with E-state index in [9.17, 15) is 0 Å². The molecule has 0 unspecified atom stereocenters. The van der Waals surface area contributed by atoms with E-state index in [2.05, 4.69) is 39.3 Å². The largest absolute Gasteiger partial charge is 0.310 e. The van der Waals surface area contributed by atoms with Gasteiger partial charge in [0.2, 0.25) is 0 Å². The molecule has 3 nitrogen and oxygen atoms in total. The summed E-state index contributed by atoms with van der Waals surface area (Å²) in [5, 5.41) is 11.3. The van der Waals surface area contributed by atoms with Crippen LogP contribution in [0.5, 0.6) is 0 Å². The number of nitrogens with zero attached hydrogens (tertiary/aromatic N) is 2. The van der Waals surface area contributed by atoms with Crippen molar-refractivity contribution < 1.29 is 0 Å². The number of thiazole rings is 1. The van der Waals surface area contributed by atoms with Crippen LogP contribution in [0.3, 0.4) is 0 Å². The van der Waals surface area contributed by atoms with Gasteiger partial charge in [0.15, 0.2) is 0 Å². The molecule has 1 N–H and O–H groups in total. The van der Waals surface area contributed by atoms with Crippen LogP contribution in [0.1, 0.15) is 42.5 Å². The van der Waals surface area contributed by atoms with E-state index in [1.165, 1.54) is 35.5 Å². The van der Waals surface area contributed by atoms with Gasteiger partial charge in [-0.05, 0) is 48.2 Å². The predicted octanol–water partition coefficient (Wildman–Crippen LogP) is 3.87. The molecule has 0 radical (unpaired) electrons. The Labute approximate surface area is 135 Å². The summed E-state index contributed by atoms with van der Waals surface area (Å²) >= 11 is 3.57. The molecule has 0 aromatic carbocycles. The summed E-state index contributed by atoms with van der Waals surface area (Å²) in [5.41, 5.74) is 2.67. The zero-order valence-electron chi connectivity index (χ0n) is 12.5. The first kappa shape index (κ1) is 15.2. The Morgan fingerprint density at radius 2 is 2.24 bits per heavy atom. The lowest BCUT2D eigenvalue weighted by Gasteiger charge is -2.20. The highest BCUT2D eigenvalue weighted by atomic mass is 32.1. The molecule has 0 atom stereocenters. The molecule has 0 spiro atoms. The Balaban J connectivity index is 1.55. The minimum absolute atomic E-state index is 0.772. The molecule has 1 saturated carbocycles. The SMILES string of the molecule is CCCNCc1nc(CN(Cc2ccsc2)C2CC2)cs1. The average Bonchev–Trinajstić information content (AvgIpc) is 3.03. The van der Waals surface area contributed by atoms with Gasteiger partial charge in [-0.2, -0.15) is 11.3 Å². The number of hydrogen-bond donors (Lipinski definition) is 1. The Morgan fingerprint density at radius 3 is 2.95 bits per heavy atom. The predicted molar refractivity (Wildman–Crippen MR) is 90.7 cm³/mol. The van der Waals surface area contributed by atoms with Crippen LogP contribution < -0.4 is 5.32 Å². The van der Waals surface area contributed by atoms with Crippen LogP contribution in [-0.4, -0.2) is 22.5 Å². The zero-order chi connectivity index (χ0) is 14.5. The Morgan fingerprint density at radius 1 is 1.33 bits per heavy atom. The average molecular weight is 322 g/mol. The van der Waals surface area contributed by atoms with Crippen molar-refractivity contribution in [2.45, 2.75) is 51.9 Å². The molecule has 1 aliphatic rings. The lowest BCUT2D eigenvalue weighted by atomic mass is 10.3. The first-order valence-corrected chi connectivity index (χ1v) is 9.56. The van der Waals surface area contributed by atoms with Crippen LogP contribution in [-0.2, 0) is 19.6 Å². The quantitative estimate of drug-likeness (QED) is 0.711. The van der Waals surface area contributed by atoms with Crippen LogP contribution in [0.4, 0.5) is 0 Å². The van der Waals surface area contributed by atoms with Crippen molar-refractivity contribution >= 4 is 22.7 Å². The van der Waals surface area contributed by atoms with Crippen molar-refractivity contribution in [1.82, 2.24) is 15.2 Å². The molecule has 3 rings (SSSR count). The van der Waals surface area contributed by atoms with Gasteiger partial charge in [-0.15, -0.1) is 11.3 Å². The van der Waals surface area contributed by atoms with Gasteiger partial charge in [0.1, 0.15) is 5.01 Å². The van der Waals surface area contributed by atoms with E-state index in [0.29, 0.717) is 0 Å². The fourth-order valence-electron chi connectivity index (χ4n) is 2.45. The third-order valence-corrected chi connectivity index (χ3v) is 5.33. The molecule has 1 fully saturated rings. The van der Waals surface area contributed by atoms with E-state index < -0.39 is 0 Å². The van der Waals surface area contributed by atoms with Gasteiger partial charge in [0, 0.05) is 31.1 Å². The molecule has 114 valence electrons. The van der Waals surface area contributed by atoms with Gasteiger partial charge >= 0.3 is 0 Å². The third kappa shape index (κ3) is 4.61. The summed E-state index contributed by atoms with van der Waals surface area (Å²) < 4.78 is 0. The fourth-order valence-corrected chi connectivity index (χ4v) is 3.87. The maximum Gasteiger partial charge on any atom is 0.107 e. The first-order chi connectivity index (χ1) is 10.3. The number of rotatable bonds is 9. The molecule has 1 aliphatic carbocycles. The van der Waals surface area contributed by atoms with Crippen molar-refractivity contribution in [1.29, 1.82) is 0 Å². The maximum absolute atomic E-state index is 4.78. The van der Waals surface area contributed by atoms with Gasteiger partial charge in [-0.25, -0.2) is 4.98 Å². The van der Waals surface area contributed by atoms with Crippen LogP contribution in [0, 0.1) is 0 Å². The molecule has 0 amide bonds. The molecule has 0 saturated heterocycles. The van der Waals surface area contributed by atoms with Crippen LogP contribution in [0.15, 0.2) is 22.2 Å². The number of aromatic nitrogens is 1. The lowest BCUT2D eigenvalue weighted by Crippen LogP contribution is -2.25. The molecular weight excluding hydrogens is 298 g/mol. The van der Waals surface area contributed by atoms with Crippen LogP contribution in [0.2, 0.25) is 0 Å². The van der Waals surface area contributed by atoms with Crippen molar-refractivity contribution in [3.8, 4) is 0 Å². The maximum atomic E-state index is 4.78. The molecule has 2 aromatic rings. The normalized spacial score (nSPS) is 15.0. The van der Waals surface area contributed by atoms with E-state index in [4.69, 9.17) is 4.98 Å². The fraction of sp³-hybridized carbons (Fsp3) is 0.562. The summed E-state index contributed by atoms with van der Waals surface area (Å²) in [6.45, 7) is 6.23. The minimum Gasteiger partial charge on any atom is -0.310 e. The van der Waals surface area contributed by atoms with E-state index in [0.717, 1.165) is 32.2 Å². The van der Waals surface area contributed by atoms with Gasteiger partial charge in [-0.1, -0.05) is 6.92 Å². The van der Waals surface area contributed by atoms with E-state index in [1.807, 2.05) is 0 Å². The monoisotopic (exact) mass is 321 g/mol. The smallest absolute Gasteiger partial charge is 0.107 e. The van der Waals surface area contributed by atoms with Gasteiger partial charge in [0.05, 0.1) is 5.69 Å². The van der Waals surface area contributed by atoms with Gasteiger partial charge in [-0.3, -0.25) is 4.90 Å². The molecule has 21 heavy (non-hydrogen) atoms. The Bertz CT molecular complexity index is 531. The van der Waals surface area contributed by atoms with Crippen LogP contribution >= 0.6 is 22.7 Å². The van der Waals surface area contributed by atoms with Crippen LogP contribution in [0.25, 0.3) is 0 Å². The van der Waals surface area contributed by atoms with Gasteiger partial charge < -0.3 is 5.32 Å². The van der Waals surface area contributed by atoms with E-state index >= 15 is 0 Å². The number of hydrogen-bond acceptors (Lipinski definition) is 5. The second-order valence-corrected chi connectivity index (χ2v) is 7.40. The Kier molecular flexibility index (Phi) is 5.41. The molecule has 5 heteroatoms. The third-order valence-electron chi connectivity index (χ3n) is 3.70. The summed E-state index contributed by atoms with van der Waals surface area (Å²) in [7, 11) is 0. The minimum atomic E-state index is 0.772. The number of thiophene rings is 1. The first-order valence-electron chi connectivity index (χ1n) is 7.74. The standard InChI is InChI=1S/C16H23N3S2/c1-2-6-17-8-16-18-14(12-21-16)10-19(15-3-4-15)9-13-5-7-20-11-13/h5,7,11-12,15,17H,2-4,6,8-10H2,1H3. The second kappa shape index (κ2) is 7.49.